The predicted molar refractivity (Wildman–Crippen MR) is 72.7 cm³/mol. The van der Waals surface area contributed by atoms with Crippen molar-refractivity contribution in [2.45, 2.75) is 32.1 Å². The molecule has 5 heteroatoms. The van der Waals surface area contributed by atoms with Crippen molar-refractivity contribution in [3.8, 4) is 0 Å². The lowest BCUT2D eigenvalue weighted by Gasteiger charge is -2.39. The summed E-state index contributed by atoms with van der Waals surface area (Å²) in [5.41, 5.74) is 0.736. The summed E-state index contributed by atoms with van der Waals surface area (Å²) in [6, 6.07) is 5.45. The molecule has 2 rings (SSSR count). The van der Waals surface area contributed by atoms with Crippen molar-refractivity contribution in [3.05, 3.63) is 35.6 Å². The quantitative estimate of drug-likeness (QED) is 0.796. The molecule has 1 aromatic rings. The van der Waals surface area contributed by atoms with Gasteiger partial charge in [-0.1, -0.05) is 12.1 Å². The van der Waals surface area contributed by atoms with Crippen molar-refractivity contribution in [2.75, 3.05) is 20.2 Å². The molecule has 1 fully saturated rings. The summed E-state index contributed by atoms with van der Waals surface area (Å²) in [6.45, 7) is 5.23. The zero-order chi connectivity index (χ0) is 14.7. The normalized spacial score (nSPS) is 25.2. The highest BCUT2D eigenvalue weighted by molar-refractivity contribution is 5.77. The third kappa shape index (κ3) is 3.35. The monoisotopic (exact) mass is 281 g/mol. The minimum Gasteiger partial charge on any atom is -0.468 e. The summed E-state index contributed by atoms with van der Waals surface area (Å²) in [5, 5.41) is 0. The Hall–Kier alpha value is -1.46. The molecule has 3 unspecified atom stereocenters. The van der Waals surface area contributed by atoms with Crippen molar-refractivity contribution in [1.29, 1.82) is 0 Å². The summed E-state index contributed by atoms with van der Waals surface area (Å²) in [6.07, 6.45) is 0.0951. The minimum atomic E-state index is -0.519. The van der Waals surface area contributed by atoms with Crippen LogP contribution in [0.1, 0.15) is 25.5 Å². The van der Waals surface area contributed by atoms with E-state index in [1.54, 1.807) is 12.1 Å². The topological polar surface area (TPSA) is 38.8 Å². The number of benzene rings is 1. The number of carbonyl (C=O) groups excluding carboxylic acids is 1. The molecule has 1 aliphatic rings. The number of methoxy groups -OCH3 is 1. The molecule has 1 aromatic carbocycles. The van der Waals surface area contributed by atoms with E-state index in [1.165, 1.54) is 19.2 Å². The maximum absolute atomic E-state index is 13.0. The zero-order valence-electron chi connectivity index (χ0n) is 12.0. The van der Waals surface area contributed by atoms with Crippen molar-refractivity contribution in [2.24, 2.45) is 0 Å². The first-order valence-corrected chi connectivity index (χ1v) is 6.74. The van der Waals surface area contributed by atoms with Gasteiger partial charge in [-0.25, -0.2) is 9.18 Å². The van der Waals surface area contributed by atoms with Gasteiger partial charge in [-0.2, -0.15) is 0 Å². The van der Waals surface area contributed by atoms with E-state index in [4.69, 9.17) is 9.47 Å². The molecule has 20 heavy (non-hydrogen) atoms. The van der Waals surface area contributed by atoms with Gasteiger partial charge in [-0.15, -0.1) is 0 Å². The molecule has 0 N–H and O–H groups in total. The lowest BCUT2D eigenvalue weighted by atomic mass is 10.0. The Morgan fingerprint density at radius 3 is 2.35 bits per heavy atom. The van der Waals surface area contributed by atoms with E-state index in [1.807, 2.05) is 18.7 Å². The number of nitrogens with zero attached hydrogens (tertiary/aromatic N) is 1. The number of ether oxygens (including phenoxy) is 2. The lowest BCUT2D eigenvalue weighted by Crippen LogP contribution is -2.49. The molecule has 0 saturated carbocycles. The van der Waals surface area contributed by atoms with Gasteiger partial charge in [0.15, 0.2) is 0 Å². The van der Waals surface area contributed by atoms with E-state index in [-0.39, 0.29) is 24.0 Å². The van der Waals surface area contributed by atoms with Crippen LogP contribution in [0.25, 0.3) is 0 Å². The molecule has 0 bridgehead atoms. The highest BCUT2D eigenvalue weighted by Gasteiger charge is 2.33. The third-order valence-corrected chi connectivity index (χ3v) is 3.42. The minimum absolute atomic E-state index is 0.0476. The number of halogens is 1. The average Bonchev–Trinajstić information content (AvgIpc) is 2.40. The van der Waals surface area contributed by atoms with Crippen molar-refractivity contribution in [3.63, 3.8) is 0 Å². The number of esters is 1. The number of rotatable bonds is 3. The van der Waals surface area contributed by atoms with Crippen LogP contribution < -0.4 is 0 Å². The molecule has 0 amide bonds. The highest BCUT2D eigenvalue weighted by atomic mass is 19.1. The second kappa shape index (κ2) is 6.33. The second-order valence-electron chi connectivity index (χ2n) is 5.19. The van der Waals surface area contributed by atoms with Gasteiger partial charge in [-0.3, -0.25) is 4.90 Å². The van der Waals surface area contributed by atoms with Crippen LogP contribution in [0.2, 0.25) is 0 Å². The molecule has 4 nitrogen and oxygen atoms in total. The van der Waals surface area contributed by atoms with Gasteiger partial charge < -0.3 is 9.47 Å². The molecule has 110 valence electrons. The smallest absolute Gasteiger partial charge is 0.327 e. The Bertz CT molecular complexity index is 453. The molecule has 1 heterocycles. The zero-order valence-corrected chi connectivity index (χ0v) is 12.0. The molecule has 0 aliphatic carbocycles. The molecule has 0 spiro atoms. The molecule has 0 aromatic heterocycles. The van der Waals surface area contributed by atoms with Gasteiger partial charge in [0.2, 0.25) is 0 Å². The number of hydrogen-bond acceptors (Lipinski definition) is 4. The van der Waals surface area contributed by atoms with Crippen molar-refractivity contribution >= 4 is 5.97 Å². The summed E-state index contributed by atoms with van der Waals surface area (Å²) in [7, 11) is 1.37. The maximum Gasteiger partial charge on any atom is 0.327 e. The first-order chi connectivity index (χ1) is 9.51. The summed E-state index contributed by atoms with van der Waals surface area (Å²) < 4.78 is 23.6. The molecular weight excluding hydrogens is 261 g/mol. The van der Waals surface area contributed by atoms with Gasteiger partial charge in [0.05, 0.1) is 19.3 Å². The summed E-state index contributed by atoms with van der Waals surface area (Å²) in [4.78, 5) is 14.1. The van der Waals surface area contributed by atoms with Crippen LogP contribution >= 0.6 is 0 Å². The Labute approximate surface area is 118 Å². The molecule has 0 radical (unpaired) electrons. The van der Waals surface area contributed by atoms with E-state index in [9.17, 15) is 9.18 Å². The van der Waals surface area contributed by atoms with Crippen LogP contribution in [0.4, 0.5) is 4.39 Å². The fraction of sp³-hybridized carbons (Fsp3) is 0.533. The number of morpholine rings is 1. The van der Waals surface area contributed by atoms with E-state index >= 15 is 0 Å². The fourth-order valence-corrected chi connectivity index (χ4v) is 2.68. The number of carbonyl (C=O) groups is 1. The van der Waals surface area contributed by atoms with Gasteiger partial charge in [0.25, 0.3) is 0 Å². The van der Waals surface area contributed by atoms with Crippen molar-refractivity contribution in [1.82, 2.24) is 4.90 Å². The molecule has 3 atom stereocenters. The highest BCUT2D eigenvalue weighted by Crippen LogP contribution is 2.26. The standard InChI is InChI=1S/C15H20FNO3/c1-10-8-17(9-11(2)20-10)14(15(18)19-3)12-4-6-13(16)7-5-12/h4-7,10-11,14H,8-9H2,1-3H3. The van der Waals surface area contributed by atoms with Crippen LogP contribution in [0.3, 0.4) is 0 Å². The summed E-state index contributed by atoms with van der Waals surface area (Å²) in [5.74, 6) is -0.654. The van der Waals surface area contributed by atoms with Gasteiger partial charge in [-0.05, 0) is 31.5 Å². The van der Waals surface area contributed by atoms with E-state index in [0.717, 1.165) is 5.56 Å². The second-order valence-corrected chi connectivity index (χ2v) is 5.19. The lowest BCUT2D eigenvalue weighted by molar-refractivity contribution is -0.152. The fourth-order valence-electron chi connectivity index (χ4n) is 2.68. The number of hydrogen-bond donors (Lipinski definition) is 0. The van der Waals surface area contributed by atoms with Gasteiger partial charge in [0.1, 0.15) is 11.9 Å². The Kier molecular flexibility index (Phi) is 4.73. The molecular formula is C15H20FNO3. The van der Waals surface area contributed by atoms with Crippen LogP contribution in [0.5, 0.6) is 0 Å². The molecule has 1 aliphatic heterocycles. The first-order valence-electron chi connectivity index (χ1n) is 6.74. The first kappa shape index (κ1) is 14.9. The van der Waals surface area contributed by atoms with Crippen LogP contribution in [-0.2, 0) is 14.3 Å². The Morgan fingerprint density at radius 2 is 1.85 bits per heavy atom. The largest absolute Gasteiger partial charge is 0.468 e. The Balaban J connectivity index is 2.27. The Morgan fingerprint density at radius 1 is 1.30 bits per heavy atom. The van der Waals surface area contributed by atoms with Gasteiger partial charge >= 0.3 is 5.97 Å². The van der Waals surface area contributed by atoms with Crippen molar-refractivity contribution < 1.29 is 18.7 Å². The average molecular weight is 281 g/mol. The van der Waals surface area contributed by atoms with E-state index < -0.39 is 6.04 Å². The van der Waals surface area contributed by atoms with Crippen LogP contribution in [0.15, 0.2) is 24.3 Å². The van der Waals surface area contributed by atoms with Gasteiger partial charge in [0, 0.05) is 13.1 Å². The van der Waals surface area contributed by atoms with Crippen LogP contribution in [-0.4, -0.2) is 43.3 Å². The van der Waals surface area contributed by atoms with E-state index in [0.29, 0.717) is 13.1 Å². The maximum atomic E-state index is 13.0. The van der Waals surface area contributed by atoms with E-state index in [2.05, 4.69) is 0 Å². The van der Waals surface area contributed by atoms with Crippen LogP contribution in [0, 0.1) is 5.82 Å². The molecule has 1 saturated heterocycles. The third-order valence-electron chi connectivity index (χ3n) is 3.42. The SMILES string of the molecule is COC(=O)C(c1ccc(F)cc1)N1CC(C)OC(C)C1. The predicted octanol–water partition coefficient (Wildman–Crippen LogP) is 2.15. The summed E-state index contributed by atoms with van der Waals surface area (Å²) >= 11 is 0.